The monoisotopic (exact) mass is 237 g/mol. The Kier molecular flexibility index (Phi) is 4.34. The van der Waals surface area contributed by atoms with Gasteiger partial charge in [-0.1, -0.05) is 0 Å². The second kappa shape index (κ2) is 5.98. The zero-order valence-electron chi connectivity index (χ0n) is 10.1. The van der Waals surface area contributed by atoms with Gasteiger partial charge in [0.2, 0.25) is 0 Å². The van der Waals surface area contributed by atoms with Crippen molar-refractivity contribution in [2.24, 2.45) is 0 Å². The first-order chi connectivity index (χ1) is 8.29. The van der Waals surface area contributed by atoms with E-state index in [1.165, 1.54) is 6.42 Å². The van der Waals surface area contributed by atoms with Crippen molar-refractivity contribution in [3.63, 3.8) is 0 Å². The van der Waals surface area contributed by atoms with E-state index >= 15 is 0 Å². The van der Waals surface area contributed by atoms with Crippen LogP contribution in [0.15, 0.2) is 18.5 Å². The summed E-state index contributed by atoms with van der Waals surface area (Å²) in [7, 11) is 1.59. The molecule has 0 spiro atoms. The number of hydrogen-bond acceptors (Lipinski definition) is 4. The van der Waals surface area contributed by atoms with Gasteiger partial charge < -0.3 is 14.6 Å². The number of hydrogen-bond donors (Lipinski definition) is 1. The number of nitrogens with zero attached hydrogens (tertiary/aromatic N) is 1. The fraction of sp³-hybridized carbons (Fsp3) is 0.615. The number of pyridine rings is 1. The van der Waals surface area contributed by atoms with Gasteiger partial charge in [-0.2, -0.15) is 0 Å². The van der Waals surface area contributed by atoms with Crippen molar-refractivity contribution in [3.05, 3.63) is 24.0 Å². The maximum Gasteiger partial charge on any atom is 0.137 e. The molecule has 0 saturated carbocycles. The minimum atomic E-state index is -0.527. The lowest BCUT2D eigenvalue weighted by atomic mass is 10.00. The van der Waals surface area contributed by atoms with E-state index in [1.807, 2.05) is 6.07 Å². The average Bonchev–Trinajstić information content (AvgIpc) is 2.40. The molecule has 0 amide bonds. The minimum Gasteiger partial charge on any atom is -0.495 e. The van der Waals surface area contributed by atoms with Crippen LogP contribution in [0.4, 0.5) is 0 Å². The van der Waals surface area contributed by atoms with Gasteiger partial charge in [-0.3, -0.25) is 4.98 Å². The number of ether oxygens (including phenoxy) is 2. The fourth-order valence-electron chi connectivity index (χ4n) is 2.11. The molecule has 1 fully saturated rings. The van der Waals surface area contributed by atoms with Crippen LogP contribution < -0.4 is 4.74 Å². The van der Waals surface area contributed by atoms with Gasteiger partial charge in [0.05, 0.1) is 25.5 Å². The molecule has 0 radical (unpaired) electrons. The molecule has 1 aromatic rings. The van der Waals surface area contributed by atoms with Crippen molar-refractivity contribution in [1.82, 2.24) is 4.98 Å². The molecule has 1 saturated heterocycles. The van der Waals surface area contributed by atoms with Crippen molar-refractivity contribution in [2.75, 3.05) is 13.7 Å². The summed E-state index contributed by atoms with van der Waals surface area (Å²) in [6.45, 7) is 0.813. The number of aliphatic hydroxyl groups is 1. The highest BCUT2D eigenvalue weighted by Crippen LogP contribution is 2.25. The number of methoxy groups -OCH3 is 1. The minimum absolute atomic E-state index is 0.171. The van der Waals surface area contributed by atoms with Crippen LogP contribution in [0.5, 0.6) is 5.75 Å². The van der Waals surface area contributed by atoms with Gasteiger partial charge in [0.25, 0.3) is 0 Å². The third kappa shape index (κ3) is 3.41. The summed E-state index contributed by atoms with van der Waals surface area (Å²) in [6, 6.07) is 1.82. The molecule has 1 N–H and O–H groups in total. The maximum absolute atomic E-state index is 10.1. The van der Waals surface area contributed by atoms with Gasteiger partial charge in [0.15, 0.2) is 0 Å². The van der Waals surface area contributed by atoms with E-state index in [2.05, 4.69) is 4.98 Å². The molecule has 2 rings (SSSR count). The molecule has 2 unspecified atom stereocenters. The van der Waals surface area contributed by atoms with Crippen molar-refractivity contribution >= 4 is 0 Å². The third-order valence-corrected chi connectivity index (χ3v) is 3.11. The van der Waals surface area contributed by atoms with Gasteiger partial charge in [0.1, 0.15) is 5.75 Å². The van der Waals surface area contributed by atoms with E-state index in [-0.39, 0.29) is 6.10 Å². The topological polar surface area (TPSA) is 51.6 Å². The lowest BCUT2D eigenvalue weighted by Crippen LogP contribution is -2.21. The van der Waals surface area contributed by atoms with Gasteiger partial charge in [-0.25, -0.2) is 0 Å². The Bertz CT molecular complexity index is 350. The SMILES string of the molecule is COc1cncc(C(O)CC2CCCCO2)c1. The predicted octanol–water partition coefficient (Wildman–Crippen LogP) is 2.08. The predicted molar refractivity (Wildman–Crippen MR) is 64.0 cm³/mol. The first-order valence-corrected chi connectivity index (χ1v) is 6.08. The first-order valence-electron chi connectivity index (χ1n) is 6.08. The zero-order chi connectivity index (χ0) is 12.1. The second-order valence-electron chi connectivity index (χ2n) is 4.40. The van der Waals surface area contributed by atoms with Crippen LogP contribution in [0, 0.1) is 0 Å². The van der Waals surface area contributed by atoms with Crippen LogP contribution >= 0.6 is 0 Å². The third-order valence-electron chi connectivity index (χ3n) is 3.11. The van der Waals surface area contributed by atoms with Crippen LogP contribution in [0.25, 0.3) is 0 Å². The molecule has 1 aliphatic heterocycles. The number of rotatable bonds is 4. The van der Waals surface area contributed by atoms with Gasteiger partial charge >= 0.3 is 0 Å². The number of aromatic nitrogens is 1. The Balaban J connectivity index is 1.95. The molecule has 4 nitrogen and oxygen atoms in total. The maximum atomic E-state index is 10.1. The van der Waals surface area contributed by atoms with Crippen molar-refractivity contribution in [3.8, 4) is 5.75 Å². The summed E-state index contributed by atoms with van der Waals surface area (Å²) in [5, 5.41) is 10.1. The van der Waals surface area contributed by atoms with E-state index in [4.69, 9.17) is 9.47 Å². The zero-order valence-corrected chi connectivity index (χ0v) is 10.1. The van der Waals surface area contributed by atoms with Crippen LogP contribution in [0.2, 0.25) is 0 Å². The molecule has 1 aliphatic rings. The molecule has 2 atom stereocenters. The van der Waals surface area contributed by atoms with E-state index < -0.39 is 6.10 Å². The van der Waals surface area contributed by atoms with E-state index in [1.54, 1.807) is 19.5 Å². The van der Waals surface area contributed by atoms with Crippen LogP contribution in [0.1, 0.15) is 37.4 Å². The molecule has 1 aromatic heterocycles. The Hall–Kier alpha value is -1.13. The Morgan fingerprint density at radius 2 is 2.41 bits per heavy atom. The second-order valence-corrected chi connectivity index (χ2v) is 4.40. The summed E-state index contributed by atoms with van der Waals surface area (Å²) >= 11 is 0. The summed E-state index contributed by atoms with van der Waals surface area (Å²) < 4.78 is 10.7. The highest BCUT2D eigenvalue weighted by atomic mass is 16.5. The largest absolute Gasteiger partial charge is 0.495 e. The number of aliphatic hydroxyl groups excluding tert-OH is 1. The molecule has 0 aliphatic carbocycles. The van der Waals surface area contributed by atoms with E-state index in [0.29, 0.717) is 12.2 Å². The van der Waals surface area contributed by atoms with Crippen molar-refractivity contribution < 1.29 is 14.6 Å². The smallest absolute Gasteiger partial charge is 0.137 e. The highest BCUT2D eigenvalue weighted by Gasteiger charge is 2.19. The quantitative estimate of drug-likeness (QED) is 0.871. The molecule has 4 heteroatoms. The van der Waals surface area contributed by atoms with Crippen molar-refractivity contribution in [1.29, 1.82) is 0 Å². The fourth-order valence-corrected chi connectivity index (χ4v) is 2.11. The van der Waals surface area contributed by atoms with Gasteiger partial charge in [-0.15, -0.1) is 0 Å². The van der Waals surface area contributed by atoms with E-state index in [0.717, 1.165) is 25.0 Å². The molecule has 2 heterocycles. The van der Waals surface area contributed by atoms with Crippen LogP contribution in [0.3, 0.4) is 0 Å². The normalized spacial score (nSPS) is 22.1. The Morgan fingerprint density at radius 3 is 3.12 bits per heavy atom. The summed E-state index contributed by atoms with van der Waals surface area (Å²) in [5.74, 6) is 0.672. The molecule has 0 bridgehead atoms. The molecule has 0 aromatic carbocycles. The molecular formula is C13H19NO3. The van der Waals surface area contributed by atoms with Crippen molar-refractivity contribution in [2.45, 2.75) is 37.9 Å². The molecular weight excluding hydrogens is 218 g/mol. The summed E-state index contributed by atoms with van der Waals surface area (Å²) in [5.41, 5.74) is 0.790. The van der Waals surface area contributed by atoms with Gasteiger partial charge in [0, 0.05) is 24.8 Å². The van der Waals surface area contributed by atoms with Crippen LogP contribution in [-0.4, -0.2) is 29.9 Å². The van der Waals surface area contributed by atoms with E-state index in [9.17, 15) is 5.11 Å². The molecule has 94 valence electrons. The first kappa shape index (κ1) is 12.3. The highest BCUT2D eigenvalue weighted by molar-refractivity contribution is 5.25. The van der Waals surface area contributed by atoms with Crippen LogP contribution in [-0.2, 0) is 4.74 Å². The molecule has 17 heavy (non-hydrogen) atoms. The Morgan fingerprint density at radius 1 is 1.53 bits per heavy atom. The Labute approximate surface area is 102 Å². The average molecular weight is 237 g/mol. The standard InChI is InChI=1S/C13H19NO3/c1-16-12-6-10(8-14-9-12)13(15)7-11-4-2-3-5-17-11/h6,8-9,11,13,15H,2-5,7H2,1H3. The van der Waals surface area contributed by atoms with Gasteiger partial charge in [-0.05, 0) is 25.3 Å². The lowest BCUT2D eigenvalue weighted by Gasteiger charge is -2.24. The lowest BCUT2D eigenvalue weighted by molar-refractivity contribution is -0.0156. The summed E-state index contributed by atoms with van der Waals surface area (Å²) in [4.78, 5) is 4.04. The summed E-state index contributed by atoms with van der Waals surface area (Å²) in [6.07, 6.45) is 6.94.